The number of rotatable bonds is 2. The Bertz CT molecular complexity index is 398. The van der Waals surface area contributed by atoms with E-state index in [9.17, 15) is 9.18 Å². The van der Waals surface area contributed by atoms with E-state index in [4.69, 9.17) is 0 Å². The van der Waals surface area contributed by atoms with Crippen LogP contribution in [0.5, 0.6) is 0 Å². The molecule has 0 fully saturated rings. The fourth-order valence-corrected chi connectivity index (χ4v) is 1.52. The first kappa shape index (κ1) is 10.9. The molecule has 0 aliphatic rings. The number of nitrogens with zero attached hydrogens (tertiary/aromatic N) is 2. The first-order valence-electron chi connectivity index (χ1n) is 4.72. The summed E-state index contributed by atoms with van der Waals surface area (Å²) < 4.78 is 14.6. The topological polar surface area (TPSA) is 34.9 Å². The second kappa shape index (κ2) is 3.90. The van der Waals surface area contributed by atoms with Gasteiger partial charge in [-0.05, 0) is 19.3 Å². The molecular weight excluding hydrogens is 183 g/mol. The van der Waals surface area contributed by atoms with Crippen LogP contribution >= 0.6 is 0 Å². The maximum Gasteiger partial charge on any atom is 0.302 e. The zero-order valence-electron chi connectivity index (χ0n) is 8.97. The van der Waals surface area contributed by atoms with Crippen LogP contribution in [0.3, 0.4) is 0 Å². The van der Waals surface area contributed by atoms with E-state index in [1.54, 1.807) is 6.92 Å². The molecular formula is C10H15FN2O. The highest BCUT2D eigenvalue weighted by Gasteiger charge is 2.17. The van der Waals surface area contributed by atoms with Crippen LogP contribution in [-0.2, 0) is 7.05 Å². The van der Waals surface area contributed by atoms with Crippen LogP contribution in [0.15, 0.2) is 4.79 Å². The molecule has 0 spiro atoms. The predicted molar refractivity (Wildman–Crippen MR) is 52.9 cm³/mol. The van der Waals surface area contributed by atoms with Crippen LogP contribution in [0.1, 0.15) is 37.4 Å². The molecule has 0 aliphatic heterocycles. The van der Waals surface area contributed by atoms with Gasteiger partial charge in [0.05, 0.1) is 5.69 Å². The summed E-state index contributed by atoms with van der Waals surface area (Å²) in [5.74, 6) is -0.620. The molecule has 1 aromatic rings. The van der Waals surface area contributed by atoms with E-state index in [0.717, 1.165) is 11.1 Å². The van der Waals surface area contributed by atoms with Crippen molar-refractivity contribution in [1.29, 1.82) is 0 Å². The largest absolute Gasteiger partial charge is 0.302 e. The van der Waals surface area contributed by atoms with Crippen LogP contribution in [0, 0.1) is 12.7 Å². The van der Waals surface area contributed by atoms with Crippen LogP contribution < -0.4 is 5.56 Å². The van der Waals surface area contributed by atoms with Gasteiger partial charge in [-0.15, -0.1) is 0 Å². The third-order valence-electron chi connectivity index (χ3n) is 2.51. The van der Waals surface area contributed by atoms with Gasteiger partial charge in [0.2, 0.25) is 0 Å². The molecule has 14 heavy (non-hydrogen) atoms. The number of hydrogen-bond acceptors (Lipinski definition) is 2. The van der Waals surface area contributed by atoms with Gasteiger partial charge >= 0.3 is 5.56 Å². The Labute approximate surface area is 82.6 Å². The summed E-state index contributed by atoms with van der Waals surface area (Å²) in [5.41, 5.74) is 0.403. The molecule has 0 saturated carbocycles. The molecule has 1 heterocycles. The summed E-state index contributed by atoms with van der Waals surface area (Å²) in [5, 5.41) is 3.97. The van der Waals surface area contributed by atoms with Crippen LogP contribution in [0.2, 0.25) is 0 Å². The normalized spacial score (nSPS) is 12.9. The molecule has 1 unspecified atom stereocenters. The van der Waals surface area contributed by atoms with Crippen molar-refractivity contribution in [3.8, 4) is 0 Å². The minimum Gasteiger partial charge on any atom is -0.264 e. The molecule has 0 radical (unpaired) electrons. The van der Waals surface area contributed by atoms with Crippen molar-refractivity contribution >= 4 is 0 Å². The van der Waals surface area contributed by atoms with Crippen LogP contribution in [-0.4, -0.2) is 9.78 Å². The number of halogens is 1. The smallest absolute Gasteiger partial charge is 0.264 e. The Morgan fingerprint density at radius 3 is 2.64 bits per heavy atom. The van der Waals surface area contributed by atoms with E-state index in [2.05, 4.69) is 5.10 Å². The third kappa shape index (κ3) is 1.69. The fourth-order valence-electron chi connectivity index (χ4n) is 1.52. The van der Waals surface area contributed by atoms with Gasteiger partial charge in [-0.3, -0.25) is 4.79 Å². The fraction of sp³-hybridized carbons (Fsp3) is 0.600. The highest BCUT2D eigenvalue weighted by atomic mass is 19.1. The van der Waals surface area contributed by atoms with Crippen molar-refractivity contribution in [1.82, 2.24) is 9.78 Å². The van der Waals surface area contributed by atoms with Crippen molar-refractivity contribution < 1.29 is 4.39 Å². The maximum absolute atomic E-state index is 13.6. The van der Waals surface area contributed by atoms with E-state index < -0.39 is 11.4 Å². The molecule has 0 aromatic carbocycles. The lowest BCUT2D eigenvalue weighted by Gasteiger charge is -2.13. The van der Waals surface area contributed by atoms with Crippen LogP contribution in [0.25, 0.3) is 0 Å². The van der Waals surface area contributed by atoms with Gasteiger partial charge in [-0.25, -0.2) is 9.07 Å². The summed E-state index contributed by atoms with van der Waals surface area (Å²) in [6.45, 7) is 5.58. The van der Waals surface area contributed by atoms with E-state index in [-0.39, 0.29) is 5.92 Å². The Morgan fingerprint density at radius 2 is 2.14 bits per heavy atom. The average Bonchev–Trinajstić information content (AvgIpc) is 2.14. The molecule has 78 valence electrons. The summed E-state index contributed by atoms with van der Waals surface area (Å²) in [7, 11) is 1.46. The Morgan fingerprint density at radius 1 is 1.57 bits per heavy atom. The van der Waals surface area contributed by atoms with Gasteiger partial charge in [0.25, 0.3) is 0 Å². The molecule has 0 amide bonds. The predicted octanol–water partition coefficient (Wildman–Crippen LogP) is 1.74. The summed E-state index contributed by atoms with van der Waals surface area (Å²) in [4.78, 5) is 11.3. The number of aromatic nitrogens is 2. The van der Waals surface area contributed by atoms with Crippen LogP contribution in [0.4, 0.5) is 4.39 Å². The van der Waals surface area contributed by atoms with E-state index in [0.29, 0.717) is 11.3 Å². The molecule has 0 bridgehead atoms. The average molecular weight is 198 g/mol. The lowest BCUT2D eigenvalue weighted by atomic mass is 9.97. The SMILES string of the molecule is CCC(C)c1c(C)nn(C)c(=O)c1F. The summed E-state index contributed by atoms with van der Waals surface area (Å²) in [6, 6.07) is 0. The molecule has 0 N–H and O–H groups in total. The third-order valence-corrected chi connectivity index (χ3v) is 2.51. The lowest BCUT2D eigenvalue weighted by molar-refractivity contribution is 0.521. The van der Waals surface area contributed by atoms with E-state index >= 15 is 0 Å². The summed E-state index contributed by atoms with van der Waals surface area (Å²) in [6.07, 6.45) is 0.798. The molecule has 1 atom stereocenters. The molecule has 0 aliphatic carbocycles. The zero-order chi connectivity index (χ0) is 10.9. The van der Waals surface area contributed by atoms with Crippen molar-refractivity contribution in [2.45, 2.75) is 33.1 Å². The quantitative estimate of drug-likeness (QED) is 0.725. The first-order chi connectivity index (χ1) is 6.49. The maximum atomic E-state index is 13.6. The van der Waals surface area contributed by atoms with Gasteiger partial charge in [0.15, 0.2) is 5.82 Å². The van der Waals surface area contributed by atoms with Gasteiger partial charge in [-0.2, -0.15) is 5.10 Å². The number of hydrogen-bond donors (Lipinski definition) is 0. The lowest BCUT2D eigenvalue weighted by Crippen LogP contribution is -2.26. The van der Waals surface area contributed by atoms with Crippen molar-refractivity contribution in [2.75, 3.05) is 0 Å². The molecule has 1 aromatic heterocycles. The zero-order valence-corrected chi connectivity index (χ0v) is 8.97. The summed E-state index contributed by atoms with van der Waals surface area (Å²) >= 11 is 0. The van der Waals surface area contributed by atoms with Gasteiger partial charge in [-0.1, -0.05) is 13.8 Å². The van der Waals surface area contributed by atoms with E-state index in [1.807, 2.05) is 13.8 Å². The molecule has 1 rings (SSSR count). The van der Waals surface area contributed by atoms with Gasteiger partial charge in [0.1, 0.15) is 0 Å². The number of aryl methyl sites for hydroxylation is 2. The van der Waals surface area contributed by atoms with Gasteiger partial charge in [0, 0.05) is 12.6 Å². The Kier molecular flexibility index (Phi) is 3.03. The Hall–Kier alpha value is -1.19. The molecule has 3 nitrogen and oxygen atoms in total. The second-order valence-electron chi connectivity index (χ2n) is 3.55. The van der Waals surface area contributed by atoms with Crippen molar-refractivity contribution in [3.05, 3.63) is 27.4 Å². The molecule has 4 heteroatoms. The molecule has 0 saturated heterocycles. The Balaban J connectivity index is 3.44. The minimum absolute atomic E-state index is 0.0383. The second-order valence-corrected chi connectivity index (χ2v) is 3.55. The first-order valence-corrected chi connectivity index (χ1v) is 4.72. The monoisotopic (exact) mass is 198 g/mol. The minimum atomic E-state index is -0.658. The highest BCUT2D eigenvalue weighted by molar-refractivity contribution is 5.22. The van der Waals surface area contributed by atoms with Gasteiger partial charge < -0.3 is 0 Å². The highest BCUT2D eigenvalue weighted by Crippen LogP contribution is 2.21. The van der Waals surface area contributed by atoms with E-state index in [1.165, 1.54) is 7.05 Å². The standard InChI is InChI=1S/C10H15FN2O/c1-5-6(2)8-7(3)12-13(4)10(14)9(8)11/h6H,5H2,1-4H3. The van der Waals surface area contributed by atoms with Crippen molar-refractivity contribution in [2.24, 2.45) is 7.05 Å². The van der Waals surface area contributed by atoms with Crippen molar-refractivity contribution in [3.63, 3.8) is 0 Å².